The van der Waals surface area contributed by atoms with Crippen LogP contribution in [-0.2, 0) is 12.3 Å². The second kappa shape index (κ2) is 7.43. The lowest BCUT2D eigenvalue weighted by Crippen LogP contribution is -2.05. The fraction of sp³-hybridized carbons (Fsp3) is 0.250. The molecule has 0 aliphatic carbocycles. The topological polar surface area (TPSA) is 21.3 Å². The maximum Gasteiger partial charge on any atom is 0.136 e. The second-order valence-electron chi connectivity index (χ2n) is 4.54. The SMILES string of the molecule is CNCc1ccc(OC)c(CSc2cc(F)ccc2F)c1. The summed E-state index contributed by atoms with van der Waals surface area (Å²) in [7, 11) is 3.48. The summed E-state index contributed by atoms with van der Waals surface area (Å²) in [5.41, 5.74) is 2.08. The highest BCUT2D eigenvalue weighted by Gasteiger charge is 2.09. The summed E-state index contributed by atoms with van der Waals surface area (Å²) in [6.45, 7) is 0.746. The molecule has 112 valence electrons. The zero-order valence-corrected chi connectivity index (χ0v) is 12.8. The van der Waals surface area contributed by atoms with Crippen LogP contribution in [0.2, 0.25) is 0 Å². The predicted octanol–water partition coefficient (Wildman–Crippen LogP) is 3.99. The first-order valence-electron chi connectivity index (χ1n) is 6.52. The Morgan fingerprint density at radius 3 is 2.67 bits per heavy atom. The van der Waals surface area contributed by atoms with Gasteiger partial charge >= 0.3 is 0 Å². The van der Waals surface area contributed by atoms with Crippen LogP contribution in [0.4, 0.5) is 8.78 Å². The summed E-state index contributed by atoms with van der Waals surface area (Å²) in [6.07, 6.45) is 0. The van der Waals surface area contributed by atoms with Crippen LogP contribution >= 0.6 is 11.8 Å². The van der Waals surface area contributed by atoms with Gasteiger partial charge in [0.2, 0.25) is 0 Å². The maximum absolute atomic E-state index is 13.6. The van der Waals surface area contributed by atoms with Crippen molar-refractivity contribution >= 4 is 11.8 Å². The van der Waals surface area contributed by atoms with E-state index in [-0.39, 0.29) is 0 Å². The van der Waals surface area contributed by atoms with Crippen molar-refractivity contribution in [3.05, 3.63) is 59.2 Å². The van der Waals surface area contributed by atoms with Crippen molar-refractivity contribution in [2.45, 2.75) is 17.2 Å². The molecule has 0 bridgehead atoms. The van der Waals surface area contributed by atoms with E-state index in [1.165, 1.54) is 17.8 Å². The quantitative estimate of drug-likeness (QED) is 0.815. The Morgan fingerprint density at radius 1 is 1.14 bits per heavy atom. The van der Waals surface area contributed by atoms with E-state index in [1.807, 2.05) is 25.2 Å². The zero-order valence-electron chi connectivity index (χ0n) is 12.0. The maximum atomic E-state index is 13.6. The smallest absolute Gasteiger partial charge is 0.136 e. The molecule has 0 spiro atoms. The number of benzene rings is 2. The molecule has 0 atom stereocenters. The number of methoxy groups -OCH3 is 1. The first kappa shape index (κ1) is 15.8. The molecule has 5 heteroatoms. The van der Waals surface area contributed by atoms with Crippen LogP contribution in [0.1, 0.15) is 11.1 Å². The third kappa shape index (κ3) is 4.19. The van der Waals surface area contributed by atoms with Crippen LogP contribution in [-0.4, -0.2) is 14.2 Å². The van der Waals surface area contributed by atoms with E-state index in [0.717, 1.165) is 35.6 Å². The molecule has 21 heavy (non-hydrogen) atoms. The second-order valence-corrected chi connectivity index (χ2v) is 5.56. The third-order valence-corrected chi connectivity index (χ3v) is 4.08. The lowest BCUT2D eigenvalue weighted by atomic mass is 10.1. The van der Waals surface area contributed by atoms with Gasteiger partial charge in [-0.1, -0.05) is 6.07 Å². The first-order valence-corrected chi connectivity index (χ1v) is 7.51. The van der Waals surface area contributed by atoms with Crippen molar-refractivity contribution in [2.24, 2.45) is 0 Å². The van der Waals surface area contributed by atoms with E-state index in [1.54, 1.807) is 7.11 Å². The fourth-order valence-electron chi connectivity index (χ4n) is 2.00. The average molecular weight is 309 g/mol. The number of ether oxygens (including phenoxy) is 1. The summed E-state index contributed by atoms with van der Waals surface area (Å²) < 4.78 is 32.1. The van der Waals surface area contributed by atoms with Gasteiger partial charge in [-0.3, -0.25) is 0 Å². The molecule has 0 aromatic heterocycles. The van der Waals surface area contributed by atoms with Crippen LogP contribution in [0.25, 0.3) is 0 Å². The van der Waals surface area contributed by atoms with E-state index >= 15 is 0 Å². The first-order chi connectivity index (χ1) is 10.1. The fourth-order valence-corrected chi connectivity index (χ4v) is 2.94. The molecule has 2 rings (SSSR count). The van der Waals surface area contributed by atoms with Crippen molar-refractivity contribution in [2.75, 3.05) is 14.2 Å². The van der Waals surface area contributed by atoms with Crippen LogP contribution in [0.15, 0.2) is 41.3 Å². The normalized spacial score (nSPS) is 10.7. The summed E-state index contributed by atoms with van der Waals surface area (Å²) in [4.78, 5) is 0.302. The monoisotopic (exact) mass is 309 g/mol. The molecule has 2 aromatic rings. The summed E-state index contributed by atoms with van der Waals surface area (Å²) in [5.74, 6) is 0.418. The molecule has 0 fully saturated rings. The minimum atomic E-state index is -0.435. The van der Waals surface area contributed by atoms with Gasteiger partial charge in [-0.25, -0.2) is 8.78 Å². The van der Waals surface area contributed by atoms with Crippen molar-refractivity contribution in [1.29, 1.82) is 0 Å². The molecule has 2 aromatic carbocycles. The van der Waals surface area contributed by atoms with Crippen LogP contribution in [0.3, 0.4) is 0 Å². The van der Waals surface area contributed by atoms with E-state index in [4.69, 9.17) is 4.74 Å². The number of nitrogens with one attached hydrogen (secondary N) is 1. The molecule has 0 radical (unpaired) electrons. The number of hydrogen-bond donors (Lipinski definition) is 1. The predicted molar refractivity (Wildman–Crippen MR) is 81.7 cm³/mol. The highest BCUT2D eigenvalue weighted by Crippen LogP contribution is 2.30. The van der Waals surface area contributed by atoms with Gasteiger partial charge in [-0.2, -0.15) is 0 Å². The molecule has 0 aliphatic heterocycles. The lowest BCUT2D eigenvalue weighted by Gasteiger charge is -2.11. The molecule has 0 unspecified atom stereocenters. The van der Waals surface area contributed by atoms with Gasteiger partial charge in [-0.05, 0) is 42.9 Å². The highest BCUT2D eigenvalue weighted by molar-refractivity contribution is 7.98. The Bertz CT molecular complexity index is 619. The van der Waals surface area contributed by atoms with E-state index in [9.17, 15) is 8.78 Å². The molecular weight excluding hydrogens is 292 g/mol. The molecule has 0 amide bonds. The molecule has 0 heterocycles. The van der Waals surface area contributed by atoms with Gasteiger partial charge in [-0.15, -0.1) is 11.8 Å². The molecule has 0 saturated carbocycles. The van der Waals surface area contributed by atoms with E-state index < -0.39 is 11.6 Å². The van der Waals surface area contributed by atoms with Gasteiger partial charge < -0.3 is 10.1 Å². The zero-order chi connectivity index (χ0) is 15.2. The molecule has 2 nitrogen and oxygen atoms in total. The molecule has 0 saturated heterocycles. The van der Waals surface area contributed by atoms with E-state index in [0.29, 0.717) is 10.6 Å². The summed E-state index contributed by atoms with van der Waals surface area (Å²) in [5, 5.41) is 3.08. The Balaban J connectivity index is 2.18. The van der Waals surface area contributed by atoms with Crippen LogP contribution in [0, 0.1) is 11.6 Å². The van der Waals surface area contributed by atoms with Gasteiger partial charge in [0.1, 0.15) is 17.4 Å². The lowest BCUT2D eigenvalue weighted by molar-refractivity contribution is 0.411. The number of hydrogen-bond acceptors (Lipinski definition) is 3. The Morgan fingerprint density at radius 2 is 1.95 bits per heavy atom. The van der Waals surface area contributed by atoms with Gasteiger partial charge in [0, 0.05) is 22.8 Å². The van der Waals surface area contributed by atoms with Crippen molar-refractivity contribution in [3.8, 4) is 5.75 Å². The van der Waals surface area contributed by atoms with Gasteiger partial charge in [0.05, 0.1) is 7.11 Å². The van der Waals surface area contributed by atoms with Gasteiger partial charge in [0.25, 0.3) is 0 Å². The Hall–Kier alpha value is -1.59. The third-order valence-electron chi connectivity index (χ3n) is 3.00. The number of halogens is 2. The molecule has 1 N–H and O–H groups in total. The van der Waals surface area contributed by atoms with Crippen LogP contribution in [0.5, 0.6) is 5.75 Å². The minimum absolute atomic E-state index is 0.302. The molecule has 0 aliphatic rings. The van der Waals surface area contributed by atoms with Crippen molar-refractivity contribution in [1.82, 2.24) is 5.32 Å². The van der Waals surface area contributed by atoms with Crippen molar-refractivity contribution in [3.63, 3.8) is 0 Å². The van der Waals surface area contributed by atoms with Gasteiger partial charge in [0.15, 0.2) is 0 Å². The Kier molecular flexibility index (Phi) is 5.59. The summed E-state index contributed by atoms with van der Waals surface area (Å²) in [6, 6.07) is 9.36. The van der Waals surface area contributed by atoms with Crippen molar-refractivity contribution < 1.29 is 13.5 Å². The minimum Gasteiger partial charge on any atom is -0.496 e. The largest absolute Gasteiger partial charge is 0.496 e. The highest BCUT2D eigenvalue weighted by atomic mass is 32.2. The number of thioether (sulfide) groups is 1. The summed E-state index contributed by atoms with van der Waals surface area (Å²) >= 11 is 1.26. The Labute approximate surface area is 127 Å². The average Bonchev–Trinajstić information content (AvgIpc) is 2.49. The van der Waals surface area contributed by atoms with E-state index in [2.05, 4.69) is 5.32 Å². The standard InChI is InChI=1S/C16H17F2NOS/c1-19-9-11-3-6-15(20-2)12(7-11)10-21-16-8-13(17)4-5-14(16)18/h3-8,19H,9-10H2,1-2H3. The molecular formula is C16H17F2NOS. The van der Waals surface area contributed by atoms with Crippen LogP contribution < -0.4 is 10.1 Å². The number of rotatable bonds is 6.